The summed E-state index contributed by atoms with van der Waals surface area (Å²) >= 11 is 0. The molecule has 2 fully saturated rings. The quantitative estimate of drug-likeness (QED) is 0.865. The number of rotatable bonds is 3. The molecule has 26 heavy (non-hydrogen) atoms. The summed E-state index contributed by atoms with van der Waals surface area (Å²) in [5.74, 6) is 1.46. The van der Waals surface area contributed by atoms with Crippen LogP contribution < -0.4 is 15.6 Å². The molecule has 6 nitrogen and oxygen atoms in total. The standard InChI is InChI=1S/C20H27N3O3/c1-13(2)9-14-10-16(22-21-14)19(25)23-8-7-20(12-23)11-17(24)15-5-3-4-6-18(15)26-20/h3-6,13-14,16,21-22H,7-12H2,1-2H3. The van der Waals surface area contributed by atoms with Gasteiger partial charge in [-0.15, -0.1) is 0 Å². The average Bonchev–Trinajstić information content (AvgIpc) is 3.21. The average molecular weight is 357 g/mol. The maximum Gasteiger partial charge on any atom is 0.241 e. The summed E-state index contributed by atoms with van der Waals surface area (Å²) in [6.07, 6.45) is 2.91. The van der Waals surface area contributed by atoms with Gasteiger partial charge in [0, 0.05) is 19.0 Å². The highest BCUT2D eigenvalue weighted by Crippen LogP contribution is 2.38. The third-order valence-corrected chi connectivity index (χ3v) is 5.66. The molecule has 3 aliphatic heterocycles. The fourth-order valence-corrected chi connectivity index (χ4v) is 4.43. The molecule has 0 aliphatic carbocycles. The van der Waals surface area contributed by atoms with E-state index in [0.717, 1.165) is 12.8 Å². The number of fused-ring (bicyclic) bond motifs is 1. The summed E-state index contributed by atoms with van der Waals surface area (Å²) in [6.45, 7) is 5.51. The van der Waals surface area contributed by atoms with Crippen molar-refractivity contribution in [2.75, 3.05) is 13.1 Å². The zero-order valence-corrected chi connectivity index (χ0v) is 15.5. The molecule has 2 saturated heterocycles. The van der Waals surface area contributed by atoms with Crippen LogP contribution in [0, 0.1) is 5.92 Å². The molecule has 1 amide bonds. The summed E-state index contributed by atoms with van der Waals surface area (Å²) in [7, 11) is 0. The molecule has 3 aliphatic rings. The third-order valence-electron chi connectivity index (χ3n) is 5.66. The Morgan fingerprint density at radius 3 is 2.96 bits per heavy atom. The van der Waals surface area contributed by atoms with Gasteiger partial charge in [-0.05, 0) is 30.9 Å². The second-order valence-electron chi connectivity index (χ2n) is 8.29. The van der Waals surface area contributed by atoms with Gasteiger partial charge in [0.2, 0.25) is 5.91 Å². The van der Waals surface area contributed by atoms with Gasteiger partial charge in [0.25, 0.3) is 0 Å². The number of carbonyl (C=O) groups excluding carboxylic acids is 2. The Hall–Kier alpha value is -1.92. The van der Waals surface area contributed by atoms with E-state index < -0.39 is 5.60 Å². The molecular weight excluding hydrogens is 330 g/mol. The van der Waals surface area contributed by atoms with Crippen molar-refractivity contribution < 1.29 is 14.3 Å². The van der Waals surface area contributed by atoms with Crippen molar-refractivity contribution in [3.63, 3.8) is 0 Å². The van der Waals surface area contributed by atoms with Gasteiger partial charge in [0.05, 0.1) is 18.5 Å². The predicted molar refractivity (Wildman–Crippen MR) is 97.9 cm³/mol. The zero-order valence-electron chi connectivity index (χ0n) is 15.5. The van der Waals surface area contributed by atoms with Gasteiger partial charge >= 0.3 is 0 Å². The lowest BCUT2D eigenvalue weighted by Crippen LogP contribution is -2.49. The number of carbonyl (C=O) groups is 2. The molecule has 3 atom stereocenters. The van der Waals surface area contributed by atoms with E-state index in [1.54, 1.807) is 0 Å². The van der Waals surface area contributed by atoms with Crippen LogP contribution >= 0.6 is 0 Å². The summed E-state index contributed by atoms with van der Waals surface area (Å²) in [4.78, 5) is 27.3. The smallest absolute Gasteiger partial charge is 0.241 e. The second-order valence-corrected chi connectivity index (χ2v) is 8.29. The van der Waals surface area contributed by atoms with Gasteiger partial charge in [-0.25, -0.2) is 5.43 Å². The number of hydrogen-bond acceptors (Lipinski definition) is 5. The minimum absolute atomic E-state index is 0.107. The van der Waals surface area contributed by atoms with Crippen LogP contribution in [-0.2, 0) is 4.79 Å². The van der Waals surface area contributed by atoms with Crippen LogP contribution in [0.3, 0.4) is 0 Å². The maximum absolute atomic E-state index is 12.9. The van der Waals surface area contributed by atoms with Crippen LogP contribution in [0.4, 0.5) is 0 Å². The normalized spacial score (nSPS) is 30.7. The van der Waals surface area contributed by atoms with Crippen molar-refractivity contribution in [2.45, 2.75) is 57.2 Å². The van der Waals surface area contributed by atoms with Crippen LogP contribution in [0.5, 0.6) is 5.75 Å². The minimum Gasteiger partial charge on any atom is -0.484 e. The van der Waals surface area contributed by atoms with Crippen LogP contribution in [0.25, 0.3) is 0 Å². The molecule has 0 radical (unpaired) electrons. The largest absolute Gasteiger partial charge is 0.484 e. The Bertz CT molecular complexity index is 720. The SMILES string of the molecule is CC(C)CC1CC(C(=O)N2CCC3(CC(=O)c4ccccc4O3)C2)NN1. The Kier molecular flexibility index (Phi) is 4.49. The van der Waals surface area contributed by atoms with E-state index in [1.807, 2.05) is 29.2 Å². The summed E-state index contributed by atoms with van der Waals surface area (Å²) in [6, 6.07) is 7.53. The Morgan fingerprint density at radius 2 is 2.15 bits per heavy atom. The molecule has 3 unspecified atom stereocenters. The molecule has 0 aromatic heterocycles. The number of likely N-dealkylation sites (tertiary alicyclic amines) is 1. The highest BCUT2D eigenvalue weighted by Gasteiger charge is 2.48. The summed E-state index contributed by atoms with van der Waals surface area (Å²) < 4.78 is 6.22. The number of ketones is 1. The van der Waals surface area contributed by atoms with E-state index in [4.69, 9.17) is 4.74 Å². The molecule has 1 aromatic carbocycles. The predicted octanol–water partition coefficient (Wildman–Crippen LogP) is 1.90. The summed E-state index contributed by atoms with van der Waals surface area (Å²) in [5.41, 5.74) is 6.49. The first-order chi connectivity index (χ1) is 12.5. The number of hydrazine groups is 1. The number of nitrogens with zero attached hydrogens (tertiary/aromatic N) is 1. The van der Waals surface area contributed by atoms with Crippen LogP contribution in [-0.4, -0.2) is 47.4 Å². The second kappa shape index (κ2) is 6.67. The van der Waals surface area contributed by atoms with Crippen LogP contribution in [0.2, 0.25) is 0 Å². The molecule has 6 heteroatoms. The van der Waals surface area contributed by atoms with Gasteiger partial charge in [-0.2, -0.15) is 0 Å². The fourth-order valence-electron chi connectivity index (χ4n) is 4.43. The maximum atomic E-state index is 12.9. The number of amides is 1. The first kappa shape index (κ1) is 17.5. The Labute approximate surface area is 154 Å². The van der Waals surface area contributed by atoms with Crippen LogP contribution in [0.15, 0.2) is 24.3 Å². The molecule has 140 valence electrons. The number of nitrogens with one attached hydrogen (secondary N) is 2. The van der Waals surface area contributed by atoms with Crippen molar-refractivity contribution in [3.8, 4) is 5.75 Å². The van der Waals surface area contributed by atoms with Gasteiger partial charge < -0.3 is 9.64 Å². The van der Waals surface area contributed by atoms with Crippen molar-refractivity contribution in [1.82, 2.24) is 15.8 Å². The first-order valence-corrected chi connectivity index (χ1v) is 9.57. The van der Waals surface area contributed by atoms with Crippen LogP contribution in [0.1, 0.15) is 49.9 Å². The lowest BCUT2D eigenvalue weighted by molar-refractivity contribution is -0.133. The molecule has 3 heterocycles. The van der Waals surface area contributed by atoms with Crippen molar-refractivity contribution >= 4 is 11.7 Å². The van der Waals surface area contributed by atoms with E-state index in [2.05, 4.69) is 24.7 Å². The van der Waals surface area contributed by atoms with Crippen molar-refractivity contribution in [2.24, 2.45) is 5.92 Å². The number of ether oxygens (including phenoxy) is 1. The van der Waals surface area contributed by atoms with E-state index in [9.17, 15) is 9.59 Å². The van der Waals surface area contributed by atoms with Gasteiger partial charge in [-0.1, -0.05) is 26.0 Å². The monoisotopic (exact) mass is 357 g/mol. The molecule has 1 spiro atoms. The molecule has 0 bridgehead atoms. The Balaban J connectivity index is 1.41. The van der Waals surface area contributed by atoms with Crippen molar-refractivity contribution in [1.29, 1.82) is 0 Å². The van der Waals surface area contributed by atoms with E-state index >= 15 is 0 Å². The number of Topliss-reactive ketones (excluding diaryl/α,β-unsaturated/α-hetero) is 1. The number of benzene rings is 1. The molecule has 2 N–H and O–H groups in total. The minimum atomic E-state index is -0.565. The van der Waals surface area contributed by atoms with Gasteiger partial charge in [0.1, 0.15) is 17.4 Å². The zero-order chi connectivity index (χ0) is 18.3. The lowest BCUT2D eigenvalue weighted by Gasteiger charge is -2.34. The van der Waals surface area contributed by atoms with E-state index in [1.165, 1.54) is 0 Å². The molecule has 0 saturated carbocycles. The van der Waals surface area contributed by atoms with E-state index in [0.29, 0.717) is 49.2 Å². The number of para-hydroxylation sites is 1. The summed E-state index contributed by atoms with van der Waals surface area (Å²) in [5, 5.41) is 0. The van der Waals surface area contributed by atoms with E-state index in [-0.39, 0.29) is 17.7 Å². The molecule has 1 aromatic rings. The first-order valence-electron chi connectivity index (χ1n) is 9.57. The highest BCUT2D eigenvalue weighted by molar-refractivity contribution is 6.00. The topological polar surface area (TPSA) is 70.7 Å². The molecular formula is C20H27N3O3. The Morgan fingerprint density at radius 1 is 1.35 bits per heavy atom. The third kappa shape index (κ3) is 3.23. The van der Waals surface area contributed by atoms with Gasteiger partial charge in [0.15, 0.2) is 5.78 Å². The molecule has 4 rings (SSSR count). The highest BCUT2D eigenvalue weighted by atomic mass is 16.5. The number of hydrogen-bond donors (Lipinski definition) is 2. The van der Waals surface area contributed by atoms with Crippen molar-refractivity contribution in [3.05, 3.63) is 29.8 Å². The van der Waals surface area contributed by atoms with Gasteiger partial charge in [-0.3, -0.25) is 15.0 Å². The fraction of sp³-hybridized carbons (Fsp3) is 0.600. The lowest BCUT2D eigenvalue weighted by atomic mass is 9.89.